The lowest BCUT2D eigenvalue weighted by molar-refractivity contribution is 0.0786. The van der Waals surface area contributed by atoms with Crippen LogP contribution in [0.3, 0.4) is 0 Å². The lowest BCUT2D eigenvalue weighted by atomic mass is 9.98. The number of nitrogens with one attached hydrogen (secondary N) is 1. The number of carbonyl (C=O) groups excluding carboxylic acids is 1. The summed E-state index contributed by atoms with van der Waals surface area (Å²) in [5, 5.41) is 0.0249. The Labute approximate surface area is 156 Å². The zero-order chi connectivity index (χ0) is 18.7. The molecule has 0 aliphatic carbocycles. The smallest absolute Gasteiger partial charge is 0.266 e. The molecular weight excluding hydrogens is 356 g/mol. The quantitative estimate of drug-likeness (QED) is 0.871. The van der Waals surface area contributed by atoms with Crippen LogP contribution in [0.4, 0.5) is 0 Å². The van der Waals surface area contributed by atoms with Gasteiger partial charge in [0.05, 0.1) is 19.8 Å². The number of likely N-dealkylation sites (tertiary alicyclic amines) is 1. The molecule has 1 N–H and O–H groups in total. The number of hydrogen-bond donors (Lipinski definition) is 1. The normalized spacial score (nSPS) is 16.6. The monoisotopic (exact) mass is 376 g/mol. The number of methoxy groups -OCH3 is 2. The molecule has 1 aliphatic heterocycles. The summed E-state index contributed by atoms with van der Waals surface area (Å²) in [7, 11) is 3.23. The molecule has 1 amide bonds. The number of pyridine rings is 1. The van der Waals surface area contributed by atoms with Crippen molar-refractivity contribution in [3.8, 4) is 11.5 Å². The number of amides is 1. The van der Waals surface area contributed by atoms with E-state index in [1.165, 1.54) is 12.3 Å². The van der Waals surface area contributed by atoms with Crippen LogP contribution in [-0.4, -0.2) is 43.1 Å². The molecule has 3 rings (SSSR count). The van der Waals surface area contributed by atoms with Crippen LogP contribution < -0.4 is 15.0 Å². The van der Waals surface area contributed by atoms with Crippen LogP contribution in [0.1, 0.15) is 22.3 Å². The van der Waals surface area contributed by atoms with Crippen LogP contribution in [-0.2, 0) is 6.42 Å². The largest absolute Gasteiger partial charge is 0.493 e. The number of rotatable bonds is 5. The fraction of sp³-hybridized carbons (Fsp3) is 0.368. The molecule has 0 spiro atoms. The molecule has 7 heteroatoms. The maximum Gasteiger partial charge on any atom is 0.266 e. The van der Waals surface area contributed by atoms with Crippen LogP contribution in [0.15, 0.2) is 35.3 Å². The maximum absolute atomic E-state index is 12.6. The first-order valence-corrected chi connectivity index (χ1v) is 8.78. The lowest BCUT2D eigenvalue weighted by Gasteiger charge is -2.17. The van der Waals surface area contributed by atoms with Gasteiger partial charge in [-0.05, 0) is 42.5 Å². The van der Waals surface area contributed by atoms with Crippen molar-refractivity contribution in [3.63, 3.8) is 0 Å². The topological polar surface area (TPSA) is 71.6 Å². The minimum absolute atomic E-state index is 0.0249. The predicted molar refractivity (Wildman–Crippen MR) is 99.3 cm³/mol. The highest BCUT2D eigenvalue weighted by molar-refractivity contribution is 6.30. The summed E-state index contributed by atoms with van der Waals surface area (Å²) in [6.07, 6.45) is 3.20. The Morgan fingerprint density at radius 2 is 2.04 bits per heavy atom. The summed E-state index contributed by atoms with van der Waals surface area (Å²) in [5.74, 6) is 1.67. The molecule has 0 bridgehead atoms. The van der Waals surface area contributed by atoms with Gasteiger partial charge in [0.2, 0.25) is 0 Å². The van der Waals surface area contributed by atoms with E-state index >= 15 is 0 Å². The van der Waals surface area contributed by atoms with Crippen molar-refractivity contribution >= 4 is 17.5 Å². The van der Waals surface area contributed by atoms with E-state index in [1.807, 2.05) is 18.2 Å². The molecule has 1 saturated heterocycles. The van der Waals surface area contributed by atoms with Crippen molar-refractivity contribution in [1.82, 2.24) is 9.88 Å². The Morgan fingerprint density at radius 1 is 1.27 bits per heavy atom. The van der Waals surface area contributed by atoms with E-state index in [2.05, 4.69) is 4.98 Å². The van der Waals surface area contributed by atoms with E-state index in [4.69, 9.17) is 21.1 Å². The molecule has 0 radical (unpaired) electrons. The standard InChI is InChI=1S/C19H21ClN2O4/c1-25-16-4-3-12(8-17(16)26-2)7-13-5-6-22(11-13)19(24)14-9-15(20)18(23)21-10-14/h3-4,8-10,13H,5-7,11H2,1-2H3,(H,21,23). The fourth-order valence-corrected chi connectivity index (χ4v) is 3.46. The van der Waals surface area contributed by atoms with Gasteiger partial charge in [-0.15, -0.1) is 0 Å². The van der Waals surface area contributed by atoms with E-state index < -0.39 is 5.56 Å². The first-order valence-electron chi connectivity index (χ1n) is 8.40. The van der Waals surface area contributed by atoms with Gasteiger partial charge in [0, 0.05) is 19.3 Å². The van der Waals surface area contributed by atoms with Crippen molar-refractivity contribution in [2.24, 2.45) is 5.92 Å². The van der Waals surface area contributed by atoms with E-state index in [0.717, 1.165) is 18.4 Å². The zero-order valence-electron chi connectivity index (χ0n) is 14.8. The summed E-state index contributed by atoms with van der Waals surface area (Å²) in [6.45, 7) is 1.36. The third-order valence-electron chi connectivity index (χ3n) is 4.65. The number of aromatic nitrogens is 1. The summed E-state index contributed by atoms with van der Waals surface area (Å²) in [6, 6.07) is 7.32. The van der Waals surface area contributed by atoms with Crippen molar-refractivity contribution in [2.45, 2.75) is 12.8 Å². The van der Waals surface area contributed by atoms with Gasteiger partial charge in [0.1, 0.15) is 5.02 Å². The van der Waals surface area contributed by atoms with Crippen molar-refractivity contribution in [3.05, 3.63) is 57.0 Å². The van der Waals surface area contributed by atoms with Gasteiger partial charge < -0.3 is 19.4 Å². The number of aromatic amines is 1. The number of hydrogen-bond acceptors (Lipinski definition) is 4. The number of nitrogens with zero attached hydrogens (tertiary/aromatic N) is 1. The summed E-state index contributed by atoms with van der Waals surface area (Å²) in [5.41, 5.74) is 1.16. The number of carbonyl (C=O) groups is 1. The minimum Gasteiger partial charge on any atom is -0.493 e. The van der Waals surface area contributed by atoms with E-state index in [0.29, 0.717) is 36.1 Å². The molecule has 1 aromatic heterocycles. The Bertz CT molecular complexity index is 865. The van der Waals surface area contributed by atoms with Crippen molar-refractivity contribution in [2.75, 3.05) is 27.3 Å². The number of benzene rings is 1. The highest BCUT2D eigenvalue weighted by atomic mass is 35.5. The van der Waals surface area contributed by atoms with Gasteiger partial charge in [-0.25, -0.2) is 0 Å². The average Bonchev–Trinajstić information content (AvgIpc) is 3.11. The molecule has 1 unspecified atom stereocenters. The summed E-state index contributed by atoms with van der Waals surface area (Å²) >= 11 is 5.82. The first kappa shape index (κ1) is 18.3. The highest BCUT2D eigenvalue weighted by Gasteiger charge is 2.27. The molecule has 1 atom stereocenters. The molecular formula is C19H21ClN2O4. The lowest BCUT2D eigenvalue weighted by Crippen LogP contribution is -2.29. The van der Waals surface area contributed by atoms with E-state index in [-0.39, 0.29) is 10.9 Å². The number of ether oxygens (including phenoxy) is 2. The molecule has 1 aliphatic rings. The Kier molecular flexibility index (Phi) is 5.52. The van der Waals surface area contributed by atoms with Crippen LogP contribution in [0.5, 0.6) is 11.5 Å². The van der Waals surface area contributed by atoms with Crippen LogP contribution in [0.2, 0.25) is 5.02 Å². The minimum atomic E-state index is -0.393. The Morgan fingerprint density at radius 3 is 2.73 bits per heavy atom. The van der Waals surface area contributed by atoms with Gasteiger partial charge >= 0.3 is 0 Å². The van der Waals surface area contributed by atoms with Gasteiger partial charge in [-0.3, -0.25) is 9.59 Å². The Hall–Kier alpha value is -2.47. The number of halogens is 1. The van der Waals surface area contributed by atoms with Crippen molar-refractivity contribution in [1.29, 1.82) is 0 Å². The van der Waals surface area contributed by atoms with E-state index in [9.17, 15) is 9.59 Å². The SMILES string of the molecule is COc1ccc(CC2CCN(C(=O)c3c[nH]c(=O)c(Cl)c3)C2)cc1OC. The zero-order valence-corrected chi connectivity index (χ0v) is 15.5. The molecule has 0 saturated carbocycles. The van der Waals surface area contributed by atoms with Gasteiger partial charge in [-0.1, -0.05) is 17.7 Å². The molecule has 1 fully saturated rings. The van der Waals surface area contributed by atoms with Crippen molar-refractivity contribution < 1.29 is 14.3 Å². The highest BCUT2D eigenvalue weighted by Crippen LogP contribution is 2.30. The van der Waals surface area contributed by atoms with Gasteiger partial charge in [-0.2, -0.15) is 0 Å². The second kappa shape index (κ2) is 7.83. The molecule has 2 heterocycles. The third kappa shape index (κ3) is 3.85. The average molecular weight is 377 g/mol. The van der Waals surface area contributed by atoms with Crippen LogP contribution >= 0.6 is 11.6 Å². The molecule has 2 aromatic rings. The predicted octanol–water partition coefficient (Wildman–Crippen LogP) is 2.75. The molecule has 1 aromatic carbocycles. The second-order valence-corrected chi connectivity index (χ2v) is 6.77. The summed E-state index contributed by atoms with van der Waals surface area (Å²) < 4.78 is 10.6. The molecule has 6 nitrogen and oxygen atoms in total. The van der Waals surface area contributed by atoms with Gasteiger partial charge in [0.25, 0.3) is 11.5 Å². The third-order valence-corrected chi connectivity index (χ3v) is 4.93. The fourth-order valence-electron chi connectivity index (χ4n) is 3.29. The maximum atomic E-state index is 12.6. The van der Waals surface area contributed by atoms with Crippen LogP contribution in [0.25, 0.3) is 0 Å². The van der Waals surface area contributed by atoms with Crippen LogP contribution in [0, 0.1) is 5.92 Å². The number of H-pyrrole nitrogens is 1. The van der Waals surface area contributed by atoms with Gasteiger partial charge in [0.15, 0.2) is 11.5 Å². The Balaban J connectivity index is 1.66. The first-order chi connectivity index (χ1) is 12.5. The molecule has 138 valence electrons. The van der Waals surface area contributed by atoms with E-state index in [1.54, 1.807) is 19.1 Å². The molecule has 26 heavy (non-hydrogen) atoms. The summed E-state index contributed by atoms with van der Waals surface area (Å²) in [4.78, 5) is 28.2. The second-order valence-electron chi connectivity index (χ2n) is 6.36.